The number of non-ortho nitro benzene ring substituents is 1. The number of fused-ring (bicyclic) bond motifs is 5. The molecule has 0 radical (unpaired) electrons. The Bertz CT molecular complexity index is 779. The quantitative estimate of drug-likeness (QED) is 0.667. The van der Waals surface area contributed by atoms with Crippen LogP contribution in [0.5, 0.6) is 0 Å². The molecule has 8 heteroatoms. The summed E-state index contributed by atoms with van der Waals surface area (Å²) in [4.78, 5) is 27.7. The van der Waals surface area contributed by atoms with Gasteiger partial charge in [0.05, 0.1) is 10.4 Å². The Morgan fingerprint density at radius 1 is 1.26 bits per heavy atom. The summed E-state index contributed by atoms with van der Waals surface area (Å²) in [5, 5.41) is 18.4. The molecule has 2 bridgehead atoms. The lowest BCUT2D eigenvalue weighted by atomic mass is 10.0. The van der Waals surface area contributed by atoms with E-state index in [1.54, 1.807) is 6.07 Å². The molecule has 3 aliphatic rings. The highest BCUT2D eigenvalue weighted by atomic mass is 16.6. The number of benzene rings is 1. The molecule has 8 nitrogen and oxygen atoms in total. The third kappa shape index (κ3) is 2.35. The van der Waals surface area contributed by atoms with Crippen LogP contribution in [0.4, 0.5) is 5.69 Å². The molecule has 2 aromatic rings. The number of rotatable bonds is 2. The zero-order valence-corrected chi connectivity index (χ0v) is 12.6. The minimum Gasteiger partial charge on any atom is -0.333 e. The summed E-state index contributed by atoms with van der Waals surface area (Å²) < 4.78 is 0. The molecule has 0 aliphatic carbocycles. The normalized spacial score (nSPS) is 23.9. The first-order chi connectivity index (χ1) is 11.1. The van der Waals surface area contributed by atoms with Crippen molar-refractivity contribution in [2.24, 2.45) is 0 Å². The molecule has 3 fully saturated rings. The minimum absolute atomic E-state index is 0.0316. The average Bonchev–Trinajstić information content (AvgIpc) is 2.75. The Kier molecular flexibility index (Phi) is 3.26. The molecule has 1 aromatic heterocycles. The molecule has 5 rings (SSSR count). The van der Waals surface area contributed by atoms with Crippen molar-refractivity contribution < 1.29 is 9.72 Å². The van der Waals surface area contributed by atoms with Gasteiger partial charge >= 0.3 is 0 Å². The van der Waals surface area contributed by atoms with Crippen LogP contribution in [-0.2, 0) is 0 Å². The Morgan fingerprint density at radius 2 is 2.04 bits per heavy atom. The summed E-state index contributed by atoms with van der Waals surface area (Å²) in [7, 11) is 0. The van der Waals surface area contributed by atoms with E-state index < -0.39 is 4.92 Å². The van der Waals surface area contributed by atoms with Crippen molar-refractivity contribution in [2.45, 2.75) is 18.9 Å². The number of aromatic amines is 1. The number of carbonyl (C=O) groups excluding carboxylic acids is 1. The summed E-state index contributed by atoms with van der Waals surface area (Å²) in [6.07, 6.45) is 1.96. The number of hydrogen-bond acceptors (Lipinski definition) is 5. The van der Waals surface area contributed by atoms with Gasteiger partial charge in [0.2, 0.25) is 0 Å². The fourth-order valence-corrected chi connectivity index (χ4v) is 3.57. The molecule has 3 saturated heterocycles. The standard InChI is InChI=1S/C15H17N5O3/c21-15(19-8-7-18-5-3-10(19)4-6-18)14-12-9-11(20(22)23)1-2-13(12)16-17-14/h1-2,9-10H,3-8H2,(H,16,17). The van der Waals surface area contributed by atoms with Gasteiger partial charge in [-0.1, -0.05) is 0 Å². The molecule has 120 valence electrons. The van der Waals surface area contributed by atoms with E-state index in [0.717, 1.165) is 32.5 Å². The lowest BCUT2D eigenvalue weighted by Gasteiger charge is -2.31. The summed E-state index contributed by atoms with van der Waals surface area (Å²) in [5.74, 6) is -0.134. The van der Waals surface area contributed by atoms with Gasteiger partial charge in [-0.25, -0.2) is 0 Å². The van der Waals surface area contributed by atoms with Crippen molar-refractivity contribution in [2.75, 3.05) is 26.2 Å². The zero-order chi connectivity index (χ0) is 16.0. The third-order valence-electron chi connectivity index (χ3n) is 4.88. The second-order valence-electron chi connectivity index (χ2n) is 6.13. The van der Waals surface area contributed by atoms with Crippen molar-refractivity contribution in [1.29, 1.82) is 0 Å². The number of aromatic nitrogens is 2. The van der Waals surface area contributed by atoms with E-state index in [9.17, 15) is 14.9 Å². The van der Waals surface area contributed by atoms with Gasteiger partial charge in [0.1, 0.15) is 0 Å². The van der Waals surface area contributed by atoms with Crippen LogP contribution < -0.4 is 0 Å². The molecule has 1 aromatic carbocycles. The Morgan fingerprint density at radius 3 is 2.78 bits per heavy atom. The van der Waals surface area contributed by atoms with Crippen LogP contribution in [0.3, 0.4) is 0 Å². The molecule has 4 heterocycles. The van der Waals surface area contributed by atoms with Gasteiger partial charge in [-0.05, 0) is 18.9 Å². The van der Waals surface area contributed by atoms with E-state index in [2.05, 4.69) is 15.1 Å². The first kappa shape index (κ1) is 14.1. The number of H-pyrrole nitrogens is 1. The SMILES string of the molecule is O=C(c1n[nH]c2ccc([N+](=O)[O-])cc12)N1CCN2CCC1CC2. The van der Waals surface area contributed by atoms with Crippen LogP contribution in [0.1, 0.15) is 23.3 Å². The molecule has 1 amide bonds. The number of nitrogens with zero attached hydrogens (tertiary/aromatic N) is 4. The summed E-state index contributed by atoms with van der Waals surface area (Å²) >= 11 is 0. The summed E-state index contributed by atoms with van der Waals surface area (Å²) in [6.45, 7) is 3.62. The van der Waals surface area contributed by atoms with Crippen molar-refractivity contribution in [3.63, 3.8) is 0 Å². The number of hydrogen-bond donors (Lipinski definition) is 1. The predicted octanol–water partition coefficient (Wildman–Crippen LogP) is 1.39. The number of piperidine rings is 1. The molecular weight excluding hydrogens is 298 g/mol. The molecular formula is C15H17N5O3. The van der Waals surface area contributed by atoms with E-state index in [4.69, 9.17) is 0 Å². The van der Waals surface area contributed by atoms with Gasteiger partial charge in [0, 0.05) is 49.7 Å². The number of carbonyl (C=O) groups is 1. The van der Waals surface area contributed by atoms with Crippen LogP contribution >= 0.6 is 0 Å². The lowest BCUT2D eigenvalue weighted by molar-refractivity contribution is -0.384. The van der Waals surface area contributed by atoms with E-state index in [1.807, 2.05) is 4.90 Å². The Balaban J connectivity index is 1.71. The maximum Gasteiger partial charge on any atom is 0.275 e. The first-order valence-corrected chi connectivity index (χ1v) is 7.79. The highest BCUT2D eigenvalue weighted by Gasteiger charge is 2.33. The summed E-state index contributed by atoms with van der Waals surface area (Å²) in [6, 6.07) is 4.67. The largest absolute Gasteiger partial charge is 0.333 e. The van der Waals surface area contributed by atoms with Crippen molar-refractivity contribution in [1.82, 2.24) is 20.0 Å². The third-order valence-corrected chi connectivity index (χ3v) is 4.88. The van der Waals surface area contributed by atoms with Crippen LogP contribution in [0.25, 0.3) is 10.9 Å². The van der Waals surface area contributed by atoms with Gasteiger partial charge in [-0.2, -0.15) is 5.10 Å². The molecule has 1 N–H and O–H groups in total. The monoisotopic (exact) mass is 315 g/mol. The Hall–Kier alpha value is -2.48. The van der Waals surface area contributed by atoms with E-state index in [1.165, 1.54) is 12.1 Å². The maximum absolute atomic E-state index is 13.0. The van der Waals surface area contributed by atoms with Gasteiger partial charge in [0.25, 0.3) is 11.6 Å². The average molecular weight is 315 g/mol. The van der Waals surface area contributed by atoms with Crippen molar-refractivity contribution in [3.05, 3.63) is 34.0 Å². The lowest BCUT2D eigenvalue weighted by Crippen LogP contribution is -2.41. The van der Waals surface area contributed by atoms with Crippen molar-refractivity contribution in [3.8, 4) is 0 Å². The molecule has 3 aliphatic heterocycles. The van der Waals surface area contributed by atoms with Gasteiger partial charge in [-0.3, -0.25) is 20.0 Å². The topological polar surface area (TPSA) is 95.4 Å². The van der Waals surface area contributed by atoms with E-state index >= 15 is 0 Å². The fraction of sp³-hybridized carbons (Fsp3) is 0.467. The minimum atomic E-state index is -0.457. The van der Waals surface area contributed by atoms with Crippen LogP contribution in [-0.4, -0.2) is 63.0 Å². The van der Waals surface area contributed by atoms with E-state index in [-0.39, 0.29) is 23.3 Å². The van der Waals surface area contributed by atoms with Crippen LogP contribution in [0, 0.1) is 10.1 Å². The van der Waals surface area contributed by atoms with Crippen molar-refractivity contribution >= 4 is 22.5 Å². The van der Waals surface area contributed by atoms with E-state index in [0.29, 0.717) is 17.4 Å². The number of nitro benzene ring substituents is 1. The second-order valence-corrected chi connectivity index (χ2v) is 6.13. The number of amides is 1. The van der Waals surface area contributed by atoms with Gasteiger partial charge < -0.3 is 9.80 Å². The molecule has 0 unspecified atom stereocenters. The highest BCUT2D eigenvalue weighted by Crippen LogP contribution is 2.26. The first-order valence-electron chi connectivity index (χ1n) is 7.79. The number of nitrogens with one attached hydrogen (secondary N) is 1. The Labute approximate surface area is 132 Å². The van der Waals surface area contributed by atoms with Crippen LogP contribution in [0.2, 0.25) is 0 Å². The maximum atomic E-state index is 13.0. The molecule has 0 atom stereocenters. The van der Waals surface area contributed by atoms with Gasteiger partial charge in [0.15, 0.2) is 5.69 Å². The molecule has 23 heavy (non-hydrogen) atoms. The fourth-order valence-electron chi connectivity index (χ4n) is 3.57. The molecule has 0 saturated carbocycles. The van der Waals surface area contributed by atoms with Gasteiger partial charge in [-0.15, -0.1) is 0 Å². The number of nitro groups is 1. The zero-order valence-electron chi connectivity index (χ0n) is 12.6. The highest BCUT2D eigenvalue weighted by molar-refractivity contribution is 6.05. The van der Waals surface area contributed by atoms with Crippen LogP contribution in [0.15, 0.2) is 18.2 Å². The predicted molar refractivity (Wildman–Crippen MR) is 83.2 cm³/mol. The second kappa shape index (κ2) is 5.31. The molecule has 0 spiro atoms. The summed E-state index contributed by atoms with van der Waals surface area (Å²) in [5.41, 5.74) is 0.890. The smallest absolute Gasteiger partial charge is 0.275 e.